The summed E-state index contributed by atoms with van der Waals surface area (Å²) >= 11 is 1.40. The lowest BCUT2D eigenvalue weighted by atomic mass is 10.3. The quantitative estimate of drug-likeness (QED) is 0.362. The van der Waals surface area contributed by atoms with E-state index in [1.54, 1.807) is 6.20 Å². The summed E-state index contributed by atoms with van der Waals surface area (Å²) in [6.45, 7) is 0.205. The van der Waals surface area contributed by atoms with Gasteiger partial charge in [0.25, 0.3) is 5.69 Å². The molecule has 0 spiro atoms. The topological polar surface area (TPSA) is 123 Å². The van der Waals surface area contributed by atoms with Crippen molar-refractivity contribution < 1.29 is 14.5 Å². The second-order valence-electron chi connectivity index (χ2n) is 3.72. The van der Waals surface area contributed by atoms with Crippen LogP contribution in [-0.4, -0.2) is 38.8 Å². The first-order chi connectivity index (χ1) is 10.1. The number of rotatable bonds is 6. The van der Waals surface area contributed by atoms with Crippen molar-refractivity contribution >= 4 is 29.2 Å². The molecule has 2 rings (SSSR count). The maximum absolute atomic E-state index is 11.5. The number of non-ortho nitro benzene ring substituents is 1. The van der Waals surface area contributed by atoms with Crippen LogP contribution >= 0.6 is 11.8 Å². The number of nitro groups is 1. The van der Waals surface area contributed by atoms with Gasteiger partial charge in [0, 0.05) is 23.6 Å². The number of hydrogen-bond acceptors (Lipinski definition) is 7. The monoisotopic (exact) mass is 309 g/mol. The molecule has 0 saturated carbocycles. The molecule has 1 aromatic carbocycles. The Morgan fingerprint density at radius 2 is 2.19 bits per heavy atom. The number of thioether (sulfide) groups is 1. The van der Waals surface area contributed by atoms with Crippen molar-refractivity contribution in [1.29, 1.82) is 0 Å². The van der Waals surface area contributed by atoms with Crippen molar-refractivity contribution in [3.8, 4) is 0 Å². The number of benzene rings is 1. The highest BCUT2D eigenvalue weighted by Crippen LogP contribution is 2.16. The lowest BCUT2D eigenvalue weighted by Crippen LogP contribution is -2.15. The fourth-order valence-electron chi connectivity index (χ4n) is 1.36. The van der Waals surface area contributed by atoms with E-state index in [1.807, 2.05) is 0 Å². The minimum absolute atomic E-state index is 0.0436. The van der Waals surface area contributed by atoms with Gasteiger partial charge < -0.3 is 4.74 Å². The van der Waals surface area contributed by atoms with Crippen LogP contribution in [0.1, 0.15) is 0 Å². The summed E-state index contributed by atoms with van der Waals surface area (Å²) in [6.07, 6.45) is 0.950. The smallest absolute Gasteiger partial charge is 0.411 e. The summed E-state index contributed by atoms with van der Waals surface area (Å²) in [7, 11) is 0. The Morgan fingerprint density at radius 3 is 2.81 bits per heavy atom. The van der Waals surface area contributed by atoms with Crippen LogP contribution in [0, 0.1) is 10.1 Å². The zero-order chi connectivity index (χ0) is 15.1. The zero-order valence-corrected chi connectivity index (χ0v) is 11.5. The highest BCUT2D eigenvalue weighted by molar-refractivity contribution is 7.99. The molecule has 0 atom stereocenters. The van der Waals surface area contributed by atoms with Gasteiger partial charge in [-0.1, -0.05) is 11.8 Å². The van der Waals surface area contributed by atoms with Crippen LogP contribution in [0.4, 0.5) is 16.2 Å². The van der Waals surface area contributed by atoms with Gasteiger partial charge in [0.15, 0.2) is 0 Å². The fourth-order valence-corrected chi connectivity index (χ4v) is 1.97. The predicted octanol–water partition coefficient (Wildman–Crippen LogP) is 2.05. The van der Waals surface area contributed by atoms with Crippen LogP contribution < -0.4 is 5.32 Å². The van der Waals surface area contributed by atoms with E-state index in [-0.39, 0.29) is 12.3 Å². The van der Waals surface area contributed by atoms with Gasteiger partial charge in [0.2, 0.25) is 0 Å². The largest absolute Gasteiger partial charge is 0.448 e. The van der Waals surface area contributed by atoms with E-state index in [0.29, 0.717) is 11.4 Å². The Morgan fingerprint density at radius 1 is 1.43 bits per heavy atom. The minimum Gasteiger partial charge on any atom is -0.448 e. The molecule has 0 aliphatic rings. The van der Waals surface area contributed by atoms with Crippen molar-refractivity contribution in [3.05, 3.63) is 40.6 Å². The minimum atomic E-state index is -0.621. The Hall–Kier alpha value is -2.62. The Kier molecular flexibility index (Phi) is 5.10. The van der Waals surface area contributed by atoms with E-state index >= 15 is 0 Å². The van der Waals surface area contributed by atoms with E-state index in [1.165, 1.54) is 36.0 Å². The highest BCUT2D eigenvalue weighted by Gasteiger charge is 2.07. The van der Waals surface area contributed by atoms with Gasteiger partial charge in [-0.3, -0.25) is 15.4 Å². The van der Waals surface area contributed by atoms with Gasteiger partial charge in [-0.2, -0.15) is 10.3 Å². The van der Waals surface area contributed by atoms with Crippen LogP contribution in [0.2, 0.25) is 0 Å². The Balaban J connectivity index is 1.70. The second-order valence-corrected chi connectivity index (χ2v) is 4.84. The van der Waals surface area contributed by atoms with Crippen molar-refractivity contribution in [2.75, 3.05) is 17.7 Å². The molecule has 2 aromatic rings. The van der Waals surface area contributed by atoms with Crippen LogP contribution in [0.15, 0.2) is 35.5 Å². The number of hydrogen-bond donors (Lipinski definition) is 2. The van der Waals surface area contributed by atoms with Crippen LogP contribution in [0.5, 0.6) is 0 Å². The zero-order valence-electron chi connectivity index (χ0n) is 10.7. The molecule has 10 heteroatoms. The molecular weight excluding hydrogens is 298 g/mol. The third kappa shape index (κ3) is 4.76. The molecule has 0 unspecified atom stereocenters. The normalized spacial score (nSPS) is 10.1. The summed E-state index contributed by atoms with van der Waals surface area (Å²) < 4.78 is 4.96. The standard InChI is InChI=1S/C11H11N5O4S/c17-11(20-5-6-21-10-7-12-15-14-10)13-8-1-3-9(4-2-8)16(18)19/h1-4,7H,5-6H2,(H,13,17)(H,12,14,15). The number of H-pyrrole nitrogens is 1. The van der Waals surface area contributed by atoms with Crippen LogP contribution in [-0.2, 0) is 4.74 Å². The molecule has 9 nitrogen and oxygen atoms in total. The molecule has 2 N–H and O–H groups in total. The lowest BCUT2D eigenvalue weighted by Gasteiger charge is -2.06. The van der Waals surface area contributed by atoms with E-state index < -0.39 is 11.0 Å². The van der Waals surface area contributed by atoms with E-state index in [2.05, 4.69) is 20.7 Å². The number of anilines is 1. The number of carbonyl (C=O) groups is 1. The summed E-state index contributed by atoms with van der Waals surface area (Å²) in [5.41, 5.74) is 0.382. The first-order valence-electron chi connectivity index (χ1n) is 5.82. The SMILES string of the molecule is O=C(Nc1ccc([N+](=O)[O-])cc1)OCCSc1cn[nH]n1. The number of nitrogens with one attached hydrogen (secondary N) is 2. The lowest BCUT2D eigenvalue weighted by molar-refractivity contribution is -0.384. The van der Waals surface area contributed by atoms with E-state index in [9.17, 15) is 14.9 Å². The number of nitrogens with zero attached hydrogens (tertiary/aromatic N) is 3. The third-order valence-corrected chi connectivity index (χ3v) is 3.15. The molecule has 0 aliphatic carbocycles. The fraction of sp³-hybridized carbons (Fsp3) is 0.182. The van der Waals surface area contributed by atoms with Gasteiger partial charge in [-0.05, 0) is 12.1 Å². The van der Waals surface area contributed by atoms with Gasteiger partial charge >= 0.3 is 6.09 Å². The van der Waals surface area contributed by atoms with Gasteiger partial charge in [0.05, 0.1) is 11.1 Å². The molecular formula is C11H11N5O4S. The number of carbonyl (C=O) groups excluding carboxylic acids is 1. The van der Waals surface area contributed by atoms with E-state index in [0.717, 1.165) is 5.03 Å². The summed E-state index contributed by atoms with van der Waals surface area (Å²) in [5.74, 6) is 0.542. The molecule has 110 valence electrons. The first kappa shape index (κ1) is 14.8. The molecule has 0 aliphatic heterocycles. The predicted molar refractivity (Wildman–Crippen MR) is 75.2 cm³/mol. The van der Waals surface area contributed by atoms with E-state index in [4.69, 9.17) is 4.74 Å². The van der Waals surface area contributed by atoms with Crippen LogP contribution in [0.3, 0.4) is 0 Å². The highest BCUT2D eigenvalue weighted by atomic mass is 32.2. The molecule has 0 fully saturated rings. The summed E-state index contributed by atoms with van der Waals surface area (Å²) in [5, 5.41) is 23.6. The maximum atomic E-state index is 11.5. The number of nitro benzene ring substituents is 1. The van der Waals surface area contributed by atoms with Crippen LogP contribution in [0.25, 0.3) is 0 Å². The average molecular weight is 309 g/mol. The van der Waals surface area contributed by atoms with Crippen molar-refractivity contribution in [2.24, 2.45) is 0 Å². The molecule has 21 heavy (non-hydrogen) atoms. The molecule has 1 heterocycles. The molecule has 0 bridgehead atoms. The summed E-state index contributed by atoms with van der Waals surface area (Å²) in [6, 6.07) is 5.47. The second kappa shape index (κ2) is 7.24. The first-order valence-corrected chi connectivity index (χ1v) is 6.80. The Labute approximate surface area is 123 Å². The summed E-state index contributed by atoms with van der Waals surface area (Å²) in [4.78, 5) is 21.5. The Bertz CT molecular complexity index is 602. The molecule has 0 radical (unpaired) electrons. The van der Waals surface area contributed by atoms with Gasteiger partial charge in [0.1, 0.15) is 11.6 Å². The average Bonchev–Trinajstić information content (AvgIpc) is 2.97. The number of amides is 1. The number of ether oxygens (including phenoxy) is 1. The molecule has 1 aromatic heterocycles. The van der Waals surface area contributed by atoms with Gasteiger partial charge in [-0.25, -0.2) is 4.79 Å². The number of aromatic amines is 1. The number of aromatic nitrogens is 3. The molecule has 0 saturated heterocycles. The van der Waals surface area contributed by atoms with Crippen molar-refractivity contribution in [2.45, 2.75) is 5.03 Å². The third-order valence-electron chi connectivity index (χ3n) is 2.28. The molecule has 1 amide bonds. The van der Waals surface area contributed by atoms with Crippen molar-refractivity contribution in [1.82, 2.24) is 15.4 Å². The van der Waals surface area contributed by atoms with Gasteiger partial charge in [-0.15, -0.1) is 5.10 Å². The van der Waals surface area contributed by atoms with Crippen molar-refractivity contribution in [3.63, 3.8) is 0 Å². The maximum Gasteiger partial charge on any atom is 0.411 e.